The molecule has 6 nitrogen and oxygen atoms in total. The molecule has 1 aliphatic heterocycles. The summed E-state index contributed by atoms with van der Waals surface area (Å²) in [6.45, 7) is 5.12. The second-order valence-electron chi connectivity index (χ2n) is 5.99. The average molecular weight is 353 g/mol. The van der Waals surface area contributed by atoms with Gasteiger partial charge in [-0.2, -0.15) is 0 Å². The Hall–Kier alpha value is -2.51. The zero-order chi connectivity index (χ0) is 17.4. The van der Waals surface area contributed by atoms with Crippen molar-refractivity contribution in [1.29, 1.82) is 5.41 Å². The predicted molar refractivity (Wildman–Crippen MR) is 103 cm³/mol. The molecule has 0 radical (unpaired) electrons. The highest BCUT2D eigenvalue weighted by molar-refractivity contribution is 7.19. The van der Waals surface area contributed by atoms with Gasteiger partial charge in [-0.25, -0.2) is 9.97 Å². The van der Waals surface area contributed by atoms with Crippen LogP contribution in [-0.2, 0) is 4.74 Å². The zero-order valence-electron chi connectivity index (χ0n) is 14.0. The number of morpholine rings is 1. The number of hydrogen-bond donors (Lipinski definition) is 2. The fraction of sp³-hybridized carbons (Fsp3) is 0.278. The normalized spacial score (nSPS) is 14.8. The standard InChI is InChI=1S/C18H19N5OS/c1-11-9-15-16(25-11)18(23-5-7-24-8-6-23)22-17(21-15)12-3-2-4-14(20)13(12)10-19/h2-4,9-10,19H,5-8,20H2,1H3. The lowest BCUT2D eigenvalue weighted by atomic mass is 10.1. The molecular formula is C18H19N5OS. The van der Waals surface area contributed by atoms with E-state index in [1.54, 1.807) is 17.4 Å². The highest BCUT2D eigenvalue weighted by Gasteiger charge is 2.20. The molecule has 3 N–H and O–H groups in total. The molecule has 128 valence electrons. The smallest absolute Gasteiger partial charge is 0.162 e. The Bertz CT molecular complexity index is 946. The van der Waals surface area contributed by atoms with Crippen LogP contribution in [0.15, 0.2) is 24.3 Å². The van der Waals surface area contributed by atoms with Gasteiger partial charge in [0.1, 0.15) is 0 Å². The van der Waals surface area contributed by atoms with E-state index in [4.69, 9.17) is 25.8 Å². The van der Waals surface area contributed by atoms with Crippen molar-refractivity contribution in [1.82, 2.24) is 9.97 Å². The van der Waals surface area contributed by atoms with Crippen LogP contribution in [0.3, 0.4) is 0 Å². The van der Waals surface area contributed by atoms with E-state index in [9.17, 15) is 0 Å². The fourth-order valence-electron chi connectivity index (χ4n) is 3.08. The lowest BCUT2D eigenvalue weighted by molar-refractivity contribution is 0.122. The SMILES string of the molecule is Cc1cc2nc(-c3cccc(N)c3C=N)nc(N3CCOCC3)c2s1. The molecule has 1 aromatic carbocycles. The van der Waals surface area contributed by atoms with Crippen molar-refractivity contribution < 1.29 is 4.74 Å². The van der Waals surface area contributed by atoms with Crippen LogP contribution in [0.5, 0.6) is 0 Å². The van der Waals surface area contributed by atoms with Crippen LogP contribution in [0.25, 0.3) is 21.6 Å². The first-order valence-electron chi connectivity index (χ1n) is 8.17. The molecule has 7 heteroatoms. The number of fused-ring (bicyclic) bond motifs is 1. The Labute approximate surface area is 149 Å². The number of nitrogen functional groups attached to an aromatic ring is 1. The van der Waals surface area contributed by atoms with Crippen molar-refractivity contribution in [3.63, 3.8) is 0 Å². The molecule has 1 saturated heterocycles. The minimum atomic E-state index is 0.561. The summed E-state index contributed by atoms with van der Waals surface area (Å²) in [5.74, 6) is 1.55. The average Bonchev–Trinajstić information content (AvgIpc) is 3.01. The highest BCUT2D eigenvalue weighted by Crippen LogP contribution is 2.35. The van der Waals surface area contributed by atoms with Crippen LogP contribution >= 0.6 is 11.3 Å². The molecule has 0 spiro atoms. The Balaban J connectivity index is 1.93. The van der Waals surface area contributed by atoms with Gasteiger partial charge in [0.25, 0.3) is 0 Å². The van der Waals surface area contributed by atoms with Crippen molar-refractivity contribution >= 4 is 39.3 Å². The summed E-state index contributed by atoms with van der Waals surface area (Å²) in [7, 11) is 0. The lowest BCUT2D eigenvalue weighted by Gasteiger charge is -2.28. The van der Waals surface area contributed by atoms with Crippen LogP contribution < -0.4 is 10.6 Å². The second-order valence-corrected chi connectivity index (χ2v) is 7.25. The van der Waals surface area contributed by atoms with Crippen LogP contribution in [0.1, 0.15) is 10.4 Å². The fourth-order valence-corrected chi connectivity index (χ4v) is 4.05. The van der Waals surface area contributed by atoms with E-state index in [0.717, 1.165) is 34.7 Å². The molecule has 0 unspecified atom stereocenters. The minimum absolute atomic E-state index is 0.561. The monoisotopic (exact) mass is 353 g/mol. The van der Waals surface area contributed by atoms with Gasteiger partial charge in [-0.3, -0.25) is 0 Å². The van der Waals surface area contributed by atoms with E-state index in [-0.39, 0.29) is 0 Å². The summed E-state index contributed by atoms with van der Waals surface area (Å²) < 4.78 is 6.58. The van der Waals surface area contributed by atoms with Gasteiger partial charge >= 0.3 is 0 Å². The summed E-state index contributed by atoms with van der Waals surface area (Å²) in [4.78, 5) is 13.1. The van der Waals surface area contributed by atoms with Gasteiger partial charge in [-0.15, -0.1) is 11.3 Å². The first-order chi connectivity index (χ1) is 12.2. The topological polar surface area (TPSA) is 88.1 Å². The number of thiophene rings is 1. The van der Waals surface area contributed by atoms with E-state index >= 15 is 0 Å². The van der Waals surface area contributed by atoms with Crippen molar-refractivity contribution in [3.8, 4) is 11.4 Å². The Kier molecular flexibility index (Phi) is 4.10. The first-order valence-corrected chi connectivity index (χ1v) is 8.99. The van der Waals surface area contributed by atoms with Gasteiger partial charge in [0.15, 0.2) is 11.6 Å². The van der Waals surface area contributed by atoms with Gasteiger partial charge in [0.2, 0.25) is 0 Å². The molecule has 1 fully saturated rings. The molecule has 25 heavy (non-hydrogen) atoms. The van der Waals surface area contributed by atoms with Crippen molar-refractivity contribution in [2.45, 2.75) is 6.92 Å². The molecular weight excluding hydrogens is 334 g/mol. The summed E-state index contributed by atoms with van der Waals surface area (Å²) in [5, 5.41) is 7.71. The molecule has 0 atom stereocenters. The number of aromatic nitrogens is 2. The lowest BCUT2D eigenvalue weighted by Crippen LogP contribution is -2.36. The number of rotatable bonds is 3. The van der Waals surface area contributed by atoms with Crippen LogP contribution in [0.2, 0.25) is 0 Å². The van der Waals surface area contributed by atoms with Gasteiger partial charge in [-0.05, 0) is 19.1 Å². The van der Waals surface area contributed by atoms with Crippen LogP contribution in [0, 0.1) is 12.3 Å². The van der Waals surface area contributed by atoms with E-state index in [1.807, 2.05) is 12.1 Å². The third-order valence-electron chi connectivity index (χ3n) is 4.31. The number of benzene rings is 1. The number of nitrogens with two attached hydrogens (primary N) is 1. The number of aryl methyl sites for hydroxylation is 1. The van der Waals surface area contributed by atoms with Crippen LogP contribution in [0.4, 0.5) is 11.5 Å². The molecule has 0 saturated carbocycles. The Morgan fingerprint density at radius 3 is 2.84 bits per heavy atom. The quantitative estimate of drug-likeness (QED) is 0.558. The molecule has 3 heterocycles. The van der Waals surface area contributed by atoms with Gasteiger partial charge in [0.05, 0.1) is 23.4 Å². The summed E-state index contributed by atoms with van der Waals surface area (Å²) in [5.41, 5.74) is 8.97. The van der Waals surface area contributed by atoms with Crippen molar-refractivity contribution in [2.75, 3.05) is 36.9 Å². The number of nitrogens with zero attached hydrogens (tertiary/aromatic N) is 3. The summed E-state index contributed by atoms with van der Waals surface area (Å²) >= 11 is 1.71. The maximum absolute atomic E-state index is 7.71. The maximum atomic E-state index is 7.71. The van der Waals surface area contributed by atoms with E-state index in [1.165, 1.54) is 11.1 Å². The van der Waals surface area contributed by atoms with Crippen LogP contribution in [-0.4, -0.2) is 42.5 Å². The summed E-state index contributed by atoms with van der Waals surface area (Å²) in [6, 6.07) is 7.67. The largest absolute Gasteiger partial charge is 0.398 e. The molecule has 1 aliphatic rings. The van der Waals surface area contributed by atoms with Crippen molar-refractivity contribution in [2.24, 2.45) is 0 Å². The number of ether oxygens (including phenoxy) is 1. The minimum Gasteiger partial charge on any atom is -0.398 e. The Morgan fingerprint density at radius 2 is 2.08 bits per heavy atom. The summed E-state index contributed by atoms with van der Waals surface area (Å²) in [6.07, 6.45) is 1.27. The molecule has 0 aliphatic carbocycles. The van der Waals surface area contributed by atoms with Gasteiger partial charge < -0.3 is 20.8 Å². The van der Waals surface area contributed by atoms with Gasteiger partial charge in [-0.1, -0.05) is 12.1 Å². The highest BCUT2D eigenvalue weighted by atomic mass is 32.1. The molecule has 2 aromatic heterocycles. The molecule has 3 aromatic rings. The van der Waals surface area contributed by atoms with Gasteiger partial charge in [0, 0.05) is 41.0 Å². The van der Waals surface area contributed by atoms with E-state index in [0.29, 0.717) is 30.3 Å². The van der Waals surface area contributed by atoms with Crippen molar-refractivity contribution in [3.05, 3.63) is 34.7 Å². The number of anilines is 2. The van der Waals surface area contributed by atoms with E-state index in [2.05, 4.69) is 17.9 Å². The second kappa shape index (κ2) is 6.42. The molecule has 0 amide bonds. The third-order valence-corrected chi connectivity index (χ3v) is 5.35. The Morgan fingerprint density at radius 1 is 1.28 bits per heavy atom. The number of hydrogen-bond acceptors (Lipinski definition) is 7. The zero-order valence-corrected chi connectivity index (χ0v) is 14.8. The number of nitrogens with one attached hydrogen (secondary N) is 1. The third kappa shape index (κ3) is 2.85. The first kappa shape index (κ1) is 16.0. The molecule has 4 rings (SSSR count). The predicted octanol–water partition coefficient (Wildman–Crippen LogP) is 3.08. The molecule has 0 bridgehead atoms. The van der Waals surface area contributed by atoms with E-state index < -0.39 is 0 Å². The maximum Gasteiger partial charge on any atom is 0.162 e.